The second kappa shape index (κ2) is 7.37. The number of aromatic hydroxyl groups is 1. The largest absolute Gasteiger partial charge is 0.505 e. The Kier molecular flexibility index (Phi) is 5.74. The highest BCUT2D eigenvalue weighted by Crippen LogP contribution is 2.41. The Balaban J connectivity index is 1.98. The van der Waals surface area contributed by atoms with Gasteiger partial charge in [0, 0.05) is 32.7 Å². The van der Waals surface area contributed by atoms with Gasteiger partial charge in [-0.05, 0) is 13.1 Å². The van der Waals surface area contributed by atoms with Gasteiger partial charge in [-0.25, -0.2) is 4.79 Å². The van der Waals surface area contributed by atoms with Crippen LogP contribution in [-0.2, 0) is 0 Å². The molecule has 0 aromatic heterocycles. The topological polar surface area (TPSA) is 73.2 Å². The molecule has 1 aromatic rings. The Labute approximate surface area is 138 Å². The van der Waals surface area contributed by atoms with Crippen molar-refractivity contribution in [3.8, 4) is 11.5 Å². The van der Waals surface area contributed by atoms with E-state index in [1.165, 1.54) is 0 Å². The third-order valence-corrected chi connectivity index (χ3v) is 4.26. The van der Waals surface area contributed by atoms with Gasteiger partial charge >= 0.3 is 5.97 Å². The van der Waals surface area contributed by atoms with Crippen molar-refractivity contribution in [2.45, 2.75) is 0 Å². The van der Waals surface area contributed by atoms with Crippen molar-refractivity contribution < 1.29 is 19.7 Å². The van der Waals surface area contributed by atoms with E-state index in [9.17, 15) is 9.90 Å². The Morgan fingerprint density at radius 1 is 1.32 bits per heavy atom. The first-order valence-corrected chi connectivity index (χ1v) is 7.63. The minimum atomic E-state index is -1.30. The third-order valence-electron chi connectivity index (χ3n) is 3.63. The van der Waals surface area contributed by atoms with E-state index in [1.54, 1.807) is 0 Å². The number of rotatable bonds is 5. The van der Waals surface area contributed by atoms with E-state index in [2.05, 4.69) is 16.8 Å². The monoisotopic (exact) mass is 348 g/mol. The highest BCUT2D eigenvalue weighted by atomic mass is 35.5. The molecule has 0 unspecified atom stereocenters. The van der Waals surface area contributed by atoms with Crippen molar-refractivity contribution in [1.82, 2.24) is 9.80 Å². The Morgan fingerprint density at radius 3 is 2.55 bits per heavy atom. The number of hydrogen-bond acceptors (Lipinski definition) is 5. The van der Waals surface area contributed by atoms with Crippen LogP contribution in [0.4, 0.5) is 0 Å². The normalized spacial score (nSPS) is 16.7. The minimum Gasteiger partial charge on any atom is -0.505 e. The zero-order valence-corrected chi connectivity index (χ0v) is 13.7. The standard InChI is InChI=1S/C14H18Cl2N2O4/c1-17-2-4-18(5-3-17)6-7-22-13-10(15)8-9(14(20)21)12(19)11(13)16/h8,19H,2-7H2,1H3,(H,20,21). The zero-order valence-electron chi connectivity index (χ0n) is 12.2. The summed E-state index contributed by atoms with van der Waals surface area (Å²) >= 11 is 11.9. The SMILES string of the molecule is CN1CCN(CCOc2c(Cl)cc(C(=O)O)c(O)c2Cl)CC1. The summed E-state index contributed by atoms with van der Waals surface area (Å²) in [6, 6.07) is 1.14. The summed E-state index contributed by atoms with van der Waals surface area (Å²) < 4.78 is 5.54. The van der Waals surface area contributed by atoms with Crippen LogP contribution in [0.25, 0.3) is 0 Å². The average Bonchev–Trinajstić information content (AvgIpc) is 2.48. The highest BCUT2D eigenvalue weighted by molar-refractivity contribution is 6.38. The number of carboxylic acids is 1. The highest BCUT2D eigenvalue weighted by Gasteiger charge is 2.21. The van der Waals surface area contributed by atoms with Gasteiger partial charge in [0.25, 0.3) is 0 Å². The molecule has 2 N–H and O–H groups in total. The number of ether oxygens (including phenoxy) is 1. The molecule has 0 amide bonds. The average molecular weight is 349 g/mol. The van der Waals surface area contributed by atoms with Crippen LogP contribution in [0.3, 0.4) is 0 Å². The molecule has 22 heavy (non-hydrogen) atoms. The molecule has 122 valence electrons. The second-order valence-corrected chi connectivity index (χ2v) is 5.98. The lowest BCUT2D eigenvalue weighted by atomic mass is 10.2. The lowest BCUT2D eigenvalue weighted by Gasteiger charge is -2.32. The van der Waals surface area contributed by atoms with E-state index in [0.717, 1.165) is 32.2 Å². The van der Waals surface area contributed by atoms with Gasteiger partial charge in [0.1, 0.15) is 17.2 Å². The fraction of sp³-hybridized carbons (Fsp3) is 0.500. The molecule has 0 atom stereocenters. The van der Waals surface area contributed by atoms with Crippen LogP contribution in [0.15, 0.2) is 6.07 Å². The Bertz CT molecular complexity index is 560. The molecule has 8 heteroatoms. The molecule has 0 bridgehead atoms. The molecule has 2 rings (SSSR count). The number of benzene rings is 1. The number of halogens is 2. The molecule has 6 nitrogen and oxygen atoms in total. The number of hydrogen-bond donors (Lipinski definition) is 2. The molecule has 1 saturated heterocycles. The summed E-state index contributed by atoms with van der Waals surface area (Å²) in [4.78, 5) is 15.5. The molecular formula is C14H18Cl2N2O4. The summed E-state index contributed by atoms with van der Waals surface area (Å²) in [5.41, 5.74) is -0.346. The first-order valence-electron chi connectivity index (χ1n) is 6.88. The van der Waals surface area contributed by atoms with E-state index in [-0.39, 0.29) is 21.4 Å². The van der Waals surface area contributed by atoms with Crippen LogP contribution < -0.4 is 4.74 Å². The molecular weight excluding hydrogens is 331 g/mol. The van der Waals surface area contributed by atoms with Gasteiger partial charge in [0.05, 0.1) is 5.02 Å². The quantitative estimate of drug-likeness (QED) is 0.847. The van der Waals surface area contributed by atoms with Gasteiger partial charge in [-0.15, -0.1) is 0 Å². The smallest absolute Gasteiger partial charge is 0.339 e. The Hall–Kier alpha value is -1.21. The molecule has 0 saturated carbocycles. The summed E-state index contributed by atoms with van der Waals surface area (Å²) in [5, 5.41) is 18.6. The molecule has 1 aliphatic rings. The predicted octanol–water partition coefficient (Wildman–Crippen LogP) is 2.02. The van der Waals surface area contributed by atoms with Crippen LogP contribution >= 0.6 is 23.2 Å². The van der Waals surface area contributed by atoms with E-state index in [0.29, 0.717) is 13.2 Å². The lowest BCUT2D eigenvalue weighted by molar-refractivity contribution is 0.0693. The number of piperazine rings is 1. The third kappa shape index (κ3) is 3.95. The number of phenols is 1. The minimum absolute atomic E-state index is 0.0681. The molecule has 1 aliphatic heterocycles. The van der Waals surface area contributed by atoms with E-state index >= 15 is 0 Å². The molecule has 1 heterocycles. The van der Waals surface area contributed by atoms with Crippen LogP contribution in [0.5, 0.6) is 11.5 Å². The Morgan fingerprint density at radius 2 is 1.95 bits per heavy atom. The fourth-order valence-corrected chi connectivity index (χ4v) is 2.80. The number of likely N-dealkylation sites (N-methyl/N-ethyl adjacent to an activating group) is 1. The van der Waals surface area contributed by atoms with Gasteiger partial charge < -0.3 is 19.8 Å². The van der Waals surface area contributed by atoms with Crippen LogP contribution in [0, 0.1) is 0 Å². The van der Waals surface area contributed by atoms with Crippen LogP contribution in [0.1, 0.15) is 10.4 Å². The van der Waals surface area contributed by atoms with E-state index in [1.807, 2.05) is 0 Å². The molecule has 1 aromatic carbocycles. The molecule has 0 aliphatic carbocycles. The van der Waals surface area contributed by atoms with Gasteiger partial charge in [-0.3, -0.25) is 4.90 Å². The maximum Gasteiger partial charge on any atom is 0.339 e. The van der Waals surface area contributed by atoms with Crippen molar-refractivity contribution in [3.05, 3.63) is 21.7 Å². The second-order valence-electron chi connectivity index (χ2n) is 5.20. The number of aromatic carboxylic acids is 1. The van der Waals surface area contributed by atoms with Crippen LogP contribution in [0.2, 0.25) is 10.0 Å². The molecule has 1 fully saturated rings. The maximum atomic E-state index is 11.0. The number of carbonyl (C=O) groups is 1. The van der Waals surface area contributed by atoms with Gasteiger partial charge in [0.2, 0.25) is 0 Å². The maximum absolute atomic E-state index is 11.0. The van der Waals surface area contributed by atoms with Crippen molar-refractivity contribution >= 4 is 29.2 Å². The fourth-order valence-electron chi connectivity index (χ4n) is 2.23. The number of carboxylic acid groups (broad SMARTS) is 1. The van der Waals surface area contributed by atoms with Crippen LogP contribution in [-0.4, -0.2) is 72.4 Å². The van der Waals surface area contributed by atoms with E-state index < -0.39 is 11.7 Å². The first-order chi connectivity index (χ1) is 10.4. The van der Waals surface area contributed by atoms with E-state index in [4.69, 9.17) is 33.0 Å². The summed E-state index contributed by atoms with van der Waals surface area (Å²) in [6.07, 6.45) is 0. The van der Waals surface area contributed by atoms with Gasteiger partial charge in [0.15, 0.2) is 11.5 Å². The van der Waals surface area contributed by atoms with Crippen molar-refractivity contribution in [3.63, 3.8) is 0 Å². The van der Waals surface area contributed by atoms with Crippen molar-refractivity contribution in [2.75, 3.05) is 46.4 Å². The van der Waals surface area contributed by atoms with Crippen molar-refractivity contribution in [1.29, 1.82) is 0 Å². The van der Waals surface area contributed by atoms with Crippen molar-refractivity contribution in [2.24, 2.45) is 0 Å². The lowest BCUT2D eigenvalue weighted by Crippen LogP contribution is -2.45. The first kappa shape index (κ1) is 17.1. The molecule has 0 radical (unpaired) electrons. The summed E-state index contributed by atoms with van der Waals surface area (Å²) in [6.45, 7) is 5.01. The zero-order chi connectivity index (χ0) is 16.3. The summed E-state index contributed by atoms with van der Waals surface area (Å²) in [5.74, 6) is -1.72. The number of nitrogens with zero attached hydrogens (tertiary/aromatic N) is 2. The molecule has 0 spiro atoms. The van der Waals surface area contributed by atoms with Gasteiger partial charge in [-0.1, -0.05) is 23.2 Å². The van der Waals surface area contributed by atoms with Gasteiger partial charge in [-0.2, -0.15) is 0 Å². The predicted molar refractivity (Wildman–Crippen MR) is 84.5 cm³/mol. The summed E-state index contributed by atoms with van der Waals surface area (Å²) in [7, 11) is 2.08.